The normalized spacial score (nSPS) is 11.3. The molecular formula is C27H24N4O2S3. The fourth-order valence-electron chi connectivity index (χ4n) is 3.89. The molecule has 36 heavy (non-hydrogen) atoms. The Labute approximate surface area is 220 Å². The first-order valence-corrected chi connectivity index (χ1v) is 14.0. The molecule has 0 saturated carbocycles. The van der Waals surface area contributed by atoms with E-state index in [2.05, 4.69) is 31.0 Å². The van der Waals surface area contributed by atoms with Crippen molar-refractivity contribution in [2.24, 2.45) is 0 Å². The van der Waals surface area contributed by atoms with Crippen LogP contribution in [0.3, 0.4) is 0 Å². The van der Waals surface area contributed by atoms with E-state index in [1.54, 1.807) is 22.0 Å². The number of hydrogen-bond donors (Lipinski definition) is 1. The number of hydrogen-bond acceptors (Lipinski definition) is 7. The molecule has 0 aliphatic rings. The molecule has 5 rings (SSSR count). The van der Waals surface area contributed by atoms with Gasteiger partial charge in [0.15, 0.2) is 5.16 Å². The topological polar surface area (TPSA) is 76.9 Å². The fourth-order valence-corrected chi connectivity index (χ4v) is 6.84. The minimum Gasteiger partial charge on any atom is -0.325 e. The Morgan fingerprint density at radius 1 is 1.11 bits per heavy atom. The Balaban J connectivity index is 1.29. The van der Waals surface area contributed by atoms with Gasteiger partial charge in [0.05, 0.1) is 21.4 Å². The summed E-state index contributed by atoms with van der Waals surface area (Å²) in [5.74, 6) is -0.0292. The quantitative estimate of drug-likeness (QED) is 0.146. The van der Waals surface area contributed by atoms with Crippen molar-refractivity contribution in [3.63, 3.8) is 0 Å². The lowest BCUT2D eigenvalue weighted by atomic mass is 10.2. The minimum absolute atomic E-state index is 0.0924. The number of carbonyl (C=O) groups excluding carboxylic acids is 1. The molecule has 0 fully saturated rings. The molecule has 0 bridgehead atoms. The molecule has 0 atom stereocenters. The zero-order valence-corrected chi connectivity index (χ0v) is 22.6. The summed E-state index contributed by atoms with van der Waals surface area (Å²) < 4.78 is 2.75. The van der Waals surface area contributed by atoms with Crippen LogP contribution in [0.4, 0.5) is 5.69 Å². The van der Waals surface area contributed by atoms with Gasteiger partial charge in [-0.25, -0.2) is 9.97 Å². The summed E-state index contributed by atoms with van der Waals surface area (Å²) in [6.45, 7) is 10.1. The Hall–Kier alpha value is -3.27. The molecular weight excluding hydrogens is 509 g/mol. The average molecular weight is 533 g/mol. The van der Waals surface area contributed by atoms with E-state index in [0.29, 0.717) is 27.6 Å². The summed E-state index contributed by atoms with van der Waals surface area (Å²) in [6.07, 6.45) is 1.67. The van der Waals surface area contributed by atoms with E-state index in [4.69, 9.17) is 9.97 Å². The highest BCUT2D eigenvalue weighted by molar-refractivity contribution is 7.99. The van der Waals surface area contributed by atoms with Crippen molar-refractivity contribution >= 4 is 66.5 Å². The van der Waals surface area contributed by atoms with Crippen LogP contribution in [-0.2, 0) is 11.3 Å². The summed E-state index contributed by atoms with van der Waals surface area (Å²) in [7, 11) is 0. The van der Waals surface area contributed by atoms with E-state index < -0.39 is 0 Å². The molecule has 0 aliphatic carbocycles. The third-order valence-corrected chi connectivity index (χ3v) is 9.00. The summed E-state index contributed by atoms with van der Waals surface area (Å²) in [5.41, 5.74) is 4.79. The van der Waals surface area contributed by atoms with E-state index in [1.165, 1.54) is 28.7 Å². The van der Waals surface area contributed by atoms with Gasteiger partial charge < -0.3 is 5.32 Å². The van der Waals surface area contributed by atoms with Gasteiger partial charge in [-0.1, -0.05) is 23.9 Å². The molecule has 6 nitrogen and oxygen atoms in total. The number of nitrogens with zero attached hydrogens (tertiary/aromatic N) is 3. The predicted octanol–water partition coefficient (Wildman–Crippen LogP) is 6.58. The Kier molecular flexibility index (Phi) is 6.79. The number of allylic oxidation sites excluding steroid dienone is 1. The molecule has 0 saturated heterocycles. The summed E-state index contributed by atoms with van der Waals surface area (Å²) in [5, 5.41) is 5.05. The van der Waals surface area contributed by atoms with Crippen molar-refractivity contribution in [1.82, 2.24) is 14.5 Å². The second kappa shape index (κ2) is 10.0. The standard InChI is InChI=1S/C27H24N4O2S3/c1-5-12-31-26(33)23-16(3)17(4)35-25(23)30-27(31)34-14-22(32)28-19-9-7-18(8-10-19)24-29-20-11-6-15(2)13-21(20)36-24/h5-11,13H,1,12,14H2,2-4H3,(H,28,32). The van der Waals surface area contributed by atoms with Gasteiger partial charge in [-0.2, -0.15) is 0 Å². The number of rotatable bonds is 7. The number of thiazole rings is 1. The van der Waals surface area contributed by atoms with E-state index >= 15 is 0 Å². The molecule has 0 aliphatic heterocycles. The maximum atomic E-state index is 13.1. The van der Waals surface area contributed by atoms with Gasteiger partial charge in [-0.15, -0.1) is 29.3 Å². The number of thioether (sulfide) groups is 1. The van der Waals surface area contributed by atoms with Crippen molar-refractivity contribution in [2.45, 2.75) is 32.5 Å². The van der Waals surface area contributed by atoms with Crippen LogP contribution in [0.1, 0.15) is 16.0 Å². The highest BCUT2D eigenvalue weighted by Crippen LogP contribution is 2.32. The number of nitrogens with one attached hydrogen (secondary N) is 1. The molecule has 3 heterocycles. The van der Waals surface area contributed by atoms with Crippen LogP contribution in [0.25, 0.3) is 31.0 Å². The van der Waals surface area contributed by atoms with E-state index in [1.807, 2.05) is 44.2 Å². The SMILES string of the molecule is C=CCn1c(SCC(=O)Nc2ccc(-c3nc4ccc(C)cc4s3)cc2)nc2sc(C)c(C)c2c1=O. The fraction of sp³-hybridized carbons (Fsp3) is 0.185. The van der Waals surface area contributed by atoms with Crippen LogP contribution < -0.4 is 10.9 Å². The van der Waals surface area contributed by atoms with Crippen LogP contribution in [-0.4, -0.2) is 26.2 Å². The Bertz CT molecular complexity index is 1680. The van der Waals surface area contributed by atoms with Crippen molar-refractivity contribution in [2.75, 3.05) is 11.1 Å². The summed E-state index contributed by atoms with van der Waals surface area (Å²) in [4.78, 5) is 37.0. The van der Waals surface area contributed by atoms with Gasteiger partial charge in [0.25, 0.3) is 5.56 Å². The first kappa shape index (κ1) is 24.4. The Morgan fingerprint density at radius 2 is 1.89 bits per heavy atom. The van der Waals surface area contributed by atoms with Gasteiger partial charge in [0.1, 0.15) is 9.84 Å². The van der Waals surface area contributed by atoms with Gasteiger partial charge in [-0.3, -0.25) is 14.2 Å². The monoisotopic (exact) mass is 532 g/mol. The van der Waals surface area contributed by atoms with E-state index in [9.17, 15) is 9.59 Å². The number of thiophene rings is 1. The summed E-state index contributed by atoms with van der Waals surface area (Å²) in [6, 6.07) is 13.9. The third kappa shape index (κ3) is 4.74. The molecule has 182 valence electrons. The van der Waals surface area contributed by atoms with E-state index in [-0.39, 0.29) is 17.2 Å². The first-order chi connectivity index (χ1) is 17.3. The third-order valence-electron chi connectivity index (χ3n) is 5.86. The maximum absolute atomic E-state index is 13.1. The maximum Gasteiger partial charge on any atom is 0.263 e. The zero-order chi connectivity index (χ0) is 25.4. The lowest BCUT2D eigenvalue weighted by Crippen LogP contribution is -2.23. The average Bonchev–Trinajstić information content (AvgIpc) is 3.40. The number of carbonyl (C=O) groups is 1. The smallest absolute Gasteiger partial charge is 0.263 e. The molecule has 1 amide bonds. The Morgan fingerprint density at radius 3 is 2.64 bits per heavy atom. The highest BCUT2D eigenvalue weighted by atomic mass is 32.2. The molecule has 9 heteroatoms. The minimum atomic E-state index is -0.166. The number of aromatic nitrogens is 3. The first-order valence-electron chi connectivity index (χ1n) is 11.4. The number of anilines is 1. The molecule has 0 unspecified atom stereocenters. The van der Waals surface area contributed by atoms with Crippen LogP contribution in [0.15, 0.2) is 65.1 Å². The molecule has 3 aromatic heterocycles. The lowest BCUT2D eigenvalue weighted by molar-refractivity contribution is -0.113. The van der Waals surface area contributed by atoms with Crippen molar-refractivity contribution in [3.8, 4) is 10.6 Å². The highest BCUT2D eigenvalue weighted by Gasteiger charge is 2.17. The second-order valence-electron chi connectivity index (χ2n) is 8.47. The van der Waals surface area contributed by atoms with Crippen LogP contribution in [0.2, 0.25) is 0 Å². The van der Waals surface area contributed by atoms with Gasteiger partial charge >= 0.3 is 0 Å². The van der Waals surface area contributed by atoms with Crippen LogP contribution >= 0.6 is 34.4 Å². The molecule has 0 spiro atoms. The van der Waals surface area contributed by atoms with Gasteiger partial charge in [0, 0.05) is 22.7 Å². The predicted molar refractivity (Wildman–Crippen MR) is 153 cm³/mol. The molecule has 0 radical (unpaired) electrons. The second-order valence-corrected chi connectivity index (χ2v) is 11.6. The molecule has 5 aromatic rings. The van der Waals surface area contributed by atoms with Crippen LogP contribution in [0.5, 0.6) is 0 Å². The largest absolute Gasteiger partial charge is 0.325 e. The summed E-state index contributed by atoms with van der Waals surface area (Å²) >= 11 is 4.41. The van der Waals surface area contributed by atoms with Gasteiger partial charge in [-0.05, 0) is 68.3 Å². The molecule has 2 aromatic carbocycles. The van der Waals surface area contributed by atoms with Crippen molar-refractivity contribution in [1.29, 1.82) is 0 Å². The van der Waals surface area contributed by atoms with Crippen LogP contribution in [0, 0.1) is 20.8 Å². The number of benzene rings is 2. The number of aryl methyl sites for hydroxylation is 3. The number of amides is 1. The van der Waals surface area contributed by atoms with Crippen molar-refractivity contribution in [3.05, 3.63) is 81.5 Å². The lowest BCUT2D eigenvalue weighted by Gasteiger charge is -2.10. The van der Waals surface area contributed by atoms with Crippen molar-refractivity contribution < 1.29 is 4.79 Å². The zero-order valence-electron chi connectivity index (χ0n) is 20.1. The number of fused-ring (bicyclic) bond motifs is 2. The molecule has 1 N–H and O–H groups in total. The van der Waals surface area contributed by atoms with Gasteiger partial charge in [0.2, 0.25) is 5.91 Å². The van der Waals surface area contributed by atoms with E-state index in [0.717, 1.165) is 31.2 Å².